The molecule has 1 aliphatic rings. The molecule has 0 aromatic heterocycles. The van der Waals surface area contributed by atoms with Gasteiger partial charge in [0.15, 0.2) is 0 Å². The second-order valence-corrected chi connectivity index (χ2v) is 8.54. The third-order valence-corrected chi connectivity index (χ3v) is 5.94. The topological polar surface area (TPSA) is 56.6 Å². The summed E-state index contributed by atoms with van der Waals surface area (Å²) in [4.78, 5) is 16.0. The van der Waals surface area contributed by atoms with E-state index in [-0.39, 0.29) is 11.8 Å². The van der Waals surface area contributed by atoms with E-state index in [1.54, 1.807) is 12.1 Å². The Morgan fingerprint density at radius 3 is 2.50 bits per heavy atom. The van der Waals surface area contributed by atoms with Gasteiger partial charge in [-0.25, -0.2) is 0 Å². The number of aryl methyl sites for hydroxylation is 1. The molecule has 32 heavy (non-hydrogen) atoms. The number of nitrogens with zero attached hydrogens (tertiary/aromatic N) is 2. The fraction of sp³-hybridized carbons (Fsp3) is 0.417. The van der Waals surface area contributed by atoms with Crippen LogP contribution in [0.2, 0.25) is 0 Å². The van der Waals surface area contributed by atoms with Gasteiger partial charge in [0.25, 0.3) is 0 Å². The molecule has 2 aromatic carbocycles. The van der Waals surface area contributed by atoms with Crippen molar-refractivity contribution < 1.29 is 22.7 Å². The van der Waals surface area contributed by atoms with Gasteiger partial charge in [-0.15, -0.1) is 13.2 Å². The Morgan fingerprint density at radius 1 is 1.28 bits per heavy atom. The predicted molar refractivity (Wildman–Crippen MR) is 117 cm³/mol. The lowest BCUT2D eigenvalue weighted by atomic mass is 9.93. The third kappa shape index (κ3) is 5.55. The number of halogens is 3. The summed E-state index contributed by atoms with van der Waals surface area (Å²) in [7, 11) is 3.97. The van der Waals surface area contributed by atoms with Gasteiger partial charge in [0.05, 0.1) is 6.04 Å². The maximum atomic E-state index is 12.4. The van der Waals surface area contributed by atoms with Crippen molar-refractivity contribution in [1.82, 2.24) is 9.80 Å². The first kappa shape index (κ1) is 23.9. The van der Waals surface area contributed by atoms with Crippen LogP contribution in [0.15, 0.2) is 36.4 Å². The third-order valence-electron chi connectivity index (χ3n) is 5.94. The first-order chi connectivity index (χ1) is 15.0. The molecule has 0 aliphatic carbocycles. The zero-order valence-electron chi connectivity index (χ0n) is 18.7. The minimum Gasteiger partial charge on any atom is -0.406 e. The van der Waals surface area contributed by atoms with Crippen molar-refractivity contribution in [2.45, 2.75) is 51.8 Å². The molecule has 0 bridgehead atoms. The highest BCUT2D eigenvalue weighted by molar-refractivity contribution is 5.99. The van der Waals surface area contributed by atoms with E-state index in [1.807, 2.05) is 38.1 Å². The van der Waals surface area contributed by atoms with Crippen molar-refractivity contribution in [2.75, 3.05) is 14.1 Å². The molecule has 1 N–H and O–H groups in total. The maximum absolute atomic E-state index is 12.4. The van der Waals surface area contributed by atoms with Crippen molar-refractivity contribution in [3.63, 3.8) is 0 Å². The number of fused-ring (bicyclic) bond motifs is 1. The molecule has 2 atom stereocenters. The summed E-state index contributed by atoms with van der Waals surface area (Å²) in [6.07, 6.45) is -3.20. The second kappa shape index (κ2) is 9.42. The minimum absolute atomic E-state index is 0.236. The molecule has 1 heterocycles. The van der Waals surface area contributed by atoms with E-state index in [1.165, 1.54) is 12.1 Å². The van der Waals surface area contributed by atoms with Crippen LogP contribution in [0.1, 0.15) is 47.2 Å². The van der Waals surface area contributed by atoms with E-state index in [0.29, 0.717) is 25.2 Å². The largest absolute Gasteiger partial charge is 0.573 e. The Balaban J connectivity index is 1.78. The monoisotopic (exact) mass is 447 g/mol. The smallest absolute Gasteiger partial charge is 0.406 e. The first-order valence-electron chi connectivity index (χ1n) is 10.4. The second-order valence-electron chi connectivity index (χ2n) is 8.54. The summed E-state index contributed by atoms with van der Waals surface area (Å²) in [6.45, 7) is 4.97. The summed E-state index contributed by atoms with van der Waals surface area (Å²) in [5.74, 6) is -0.274. The molecule has 0 saturated heterocycles. The fourth-order valence-electron chi connectivity index (χ4n) is 4.03. The highest BCUT2D eigenvalue weighted by Gasteiger charge is 2.33. The first-order valence-corrected chi connectivity index (χ1v) is 10.4. The van der Waals surface area contributed by atoms with Gasteiger partial charge in [0, 0.05) is 31.3 Å². The number of aldehydes is 1. The van der Waals surface area contributed by atoms with Crippen LogP contribution in [0, 0.1) is 12.3 Å². The molecule has 2 aromatic rings. The van der Waals surface area contributed by atoms with Gasteiger partial charge in [-0.3, -0.25) is 4.90 Å². The predicted octanol–water partition coefficient (Wildman–Crippen LogP) is 4.86. The molecule has 0 amide bonds. The van der Waals surface area contributed by atoms with E-state index >= 15 is 0 Å². The summed E-state index contributed by atoms with van der Waals surface area (Å²) in [5.41, 5.74) is 5.12. The summed E-state index contributed by atoms with van der Waals surface area (Å²) in [5, 5.41) is 8.52. The number of carbonyl (C=O) groups is 1. The number of benzene rings is 2. The molecule has 5 nitrogen and oxygen atoms in total. The van der Waals surface area contributed by atoms with Gasteiger partial charge in [-0.1, -0.05) is 12.1 Å². The number of carbonyl (C=O) groups excluding carboxylic acids is 1. The van der Waals surface area contributed by atoms with Crippen LogP contribution in [0.25, 0.3) is 0 Å². The van der Waals surface area contributed by atoms with Crippen LogP contribution in [-0.4, -0.2) is 48.3 Å². The van der Waals surface area contributed by atoms with Gasteiger partial charge >= 0.3 is 6.36 Å². The quantitative estimate of drug-likeness (QED) is 0.464. The molecule has 2 unspecified atom stereocenters. The van der Waals surface area contributed by atoms with Crippen LogP contribution in [-0.2, 0) is 17.9 Å². The van der Waals surface area contributed by atoms with Crippen molar-refractivity contribution in [3.8, 4) is 5.75 Å². The van der Waals surface area contributed by atoms with Crippen LogP contribution in [0.3, 0.4) is 0 Å². The normalized spacial score (nSPS) is 17.3. The summed E-state index contributed by atoms with van der Waals surface area (Å²) in [6, 6.07) is 9.46. The van der Waals surface area contributed by atoms with Crippen molar-refractivity contribution >= 4 is 12.0 Å². The Kier molecular flexibility index (Phi) is 7.05. The molecule has 0 fully saturated rings. The SMILES string of the molecule is Cc1cc(C(=N)CC(C)N(C)C)cc2c1C(C=O)N(Cc1ccc(OC(F)(F)F)cc1)C2. The van der Waals surface area contributed by atoms with Crippen molar-refractivity contribution in [2.24, 2.45) is 0 Å². The Labute approximate surface area is 186 Å². The van der Waals surface area contributed by atoms with Crippen molar-refractivity contribution in [1.29, 1.82) is 5.41 Å². The van der Waals surface area contributed by atoms with Gasteiger partial charge in [-0.2, -0.15) is 0 Å². The van der Waals surface area contributed by atoms with Crippen molar-refractivity contribution in [3.05, 3.63) is 64.2 Å². The van der Waals surface area contributed by atoms with Gasteiger partial charge in [0.2, 0.25) is 0 Å². The van der Waals surface area contributed by atoms with E-state index in [4.69, 9.17) is 5.41 Å². The number of rotatable bonds is 8. The molecule has 0 spiro atoms. The lowest BCUT2D eigenvalue weighted by molar-refractivity contribution is -0.274. The van der Waals surface area contributed by atoms with E-state index < -0.39 is 12.4 Å². The average Bonchev–Trinajstić information content (AvgIpc) is 3.05. The lowest BCUT2D eigenvalue weighted by Gasteiger charge is -2.21. The number of hydrogen-bond acceptors (Lipinski definition) is 5. The minimum atomic E-state index is -4.73. The Hall–Kier alpha value is -2.71. The number of ether oxygens (including phenoxy) is 1. The molecule has 3 rings (SSSR count). The van der Waals surface area contributed by atoms with E-state index in [0.717, 1.165) is 34.1 Å². The highest BCUT2D eigenvalue weighted by Crippen LogP contribution is 2.37. The zero-order chi connectivity index (χ0) is 23.6. The highest BCUT2D eigenvalue weighted by atomic mass is 19.4. The molecule has 8 heteroatoms. The number of hydrogen-bond donors (Lipinski definition) is 1. The molecule has 172 valence electrons. The van der Waals surface area contributed by atoms with Gasteiger partial charge in [-0.05, 0) is 80.0 Å². The standard InChI is InChI=1S/C24H28F3N3O2/c1-15-9-18(21(28)10-16(2)29(3)4)11-19-13-30(22(14-31)23(15)19)12-17-5-7-20(8-6-17)32-24(25,26)27/h5-9,11,14,16,22,28H,10,12-13H2,1-4H3. The van der Waals surface area contributed by atoms with Crippen LogP contribution in [0.5, 0.6) is 5.75 Å². The number of nitrogens with one attached hydrogen (secondary N) is 1. The summed E-state index contributed by atoms with van der Waals surface area (Å²) >= 11 is 0. The Morgan fingerprint density at radius 2 is 1.94 bits per heavy atom. The van der Waals surface area contributed by atoms with Crippen LogP contribution in [0.4, 0.5) is 13.2 Å². The zero-order valence-corrected chi connectivity index (χ0v) is 18.7. The van der Waals surface area contributed by atoms with Gasteiger partial charge in [0.1, 0.15) is 12.0 Å². The van der Waals surface area contributed by atoms with E-state index in [2.05, 4.69) is 16.6 Å². The molecule has 1 aliphatic heterocycles. The maximum Gasteiger partial charge on any atom is 0.573 e. The molecule has 0 saturated carbocycles. The average molecular weight is 448 g/mol. The molecule has 0 radical (unpaired) electrons. The van der Waals surface area contributed by atoms with Crippen LogP contribution < -0.4 is 4.74 Å². The van der Waals surface area contributed by atoms with E-state index in [9.17, 15) is 18.0 Å². The lowest BCUT2D eigenvalue weighted by Crippen LogP contribution is -2.27. The molecular weight excluding hydrogens is 419 g/mol. The Bertz CT molecular complexity index is 987. The molecular formula is C24H28F3N3O2. The fourth-order valence-corrected chi connectivity index (χ4v) is 4.03. The van der Waals surface area contributed by atoms with Crippen LogP contribution >= 0.6 is 0 Å². The summed E-state index contributed by atoms with van der Waals surface area (Å²) < 4.78 is 41.0. The van der Waals surface area contributed by atoms with Gasteiger partial charge < -0.3 is 19.8 Å². The number of alkyl halides is 3.